The first-order valence-electron chi connectivity index (χ1n) is 7.83. The lowest BCUT2D eigenvalue weighted by molar-refractivity contribution is 0.188. The molecule has 1 N–H and O–H groups in total. The van der Waals surface area contributed by atoms with E-state index >= 15 is 0 Å². The van der Waals surface area contributed by atoms with Crippen LogP contribution in [0.15, 0.2) is 39.3 Å². The number of benzene rings is 1. The Bertz CT molecular complexity index is 894. The number of aryl methyl sites for hydroxylation is 1. The van der Waals surface area contributed by atoms with Crippen molar-refractivity contribution in [2.75, 3.05) is 13.7 Å². The molecule has 130 valence electrons. The summed E-state index contributed by atoms with van der Waals surface area (Å²) in [5, 5.41) is 27.7. The summed E-state index contributed by atoms with van der Waals surface area (Å²) in [6.07, 6.45) is 0.520. The Morgan fingerprint density at radius 1 is 1.32 bits per heavy atom. The second kappa shape index (κ2) is 8.22. The van der Waals surface area contributed by atoms with Crippen molar-refractivity contribution in [1.82, 2.24) is 4.57 Å². The first-order valence-corrected chi connectivity index (χ1v) is 7.83. The van der Waals surface area contributed by atoms with Crippen LogP contribution in [0.2, 0.25) is 0 Å². The molecule has 2 rings (SSSR count). The molecule has 0 radical (unpaired) electrons. The molecule has 0 aliphatic carbocycles. The molecule has 25 heavy (non-hydrogen) atoms. The van der Waals surface area contributed by atoms with Gasteiger partial charge in [0.2, 0.25) is 5.88 Å². The Morgan fingerprint density at radius 3 is 2.72 bits per heavy atom. The highest BCUT2D eigenvalue weighted by Crippen LogP contribution is 2.27. The average molecular weight is 340 g/mol. The van der Waals surface area contributed by atoms with E-state index in [0.29, 0.717) is 24.3 Å². The number of methoxy groups -OCH3 is 1. The van der Waals surface area contributed by atoms with Gasteiger partial charge in [0.1, 0.15) is 11.6 Å². The summed E-state index contributed by atoms with van der Waals surface area (Å²) in [4.78, 5) is 12.7. The van der Waals surface area contributed by atoms with Gasteiger partial charge in [0, 0.05) is 25.8 Å². The fourth-order valence-electron chi connectivity index (χ4n) is 2.43. The molecule has 0 unspecified atom stereocenters. The Kier molecular flexibility index (Phi) is 6.03. The maximum absolute atomic E-state index is 12.7. The van der Waals surface area contributed by atoms with Gasteiger partial charge in [-0.05, 0) is 38.0 Å². The normalized spacial score (nSPS) is 11.0. The minimum Gasteiger partial charge on any atom is -0.493 e. The van der Waals surface area contributed by atoms with E-state index in [1.807, 2.05) is 31.2 Å². The van der Waals surface area contributed by atoms with Gasteiger partial charge in [0.15, 0.2) is 5.69 Å². The van der Waals surface area contributed by atoms with Crippen molar-refractivity contribution in [3.05, 3.63) is 51.3 Å². The molecular weight excluding hydrogens is 320 g/mol. The lowest BCUT2D eigenvalue weighted by atomic mass is 10.1. The number of ether oxygens (including phenoxy) is 1. The zero-order valence-electron chi connectivity index (χ0n) is 14.5. The SMILES string of the molecule is COCCCn1c(O)c(C#N)c(C)c(N=Nc2cccc(C)c2)c1=O. The molecule has 0 atom stereocenters. The van der Waals surface area contributed by atoms with Crippen LogP contribution in [-0.4, -0.2) is 23.4 Å². The molecule has 1 aromatic carbocycles. The Labute approximate surface area is 145 Å². The van der Waals surface area contributed by atoms with Crippen LogP contribution >= 0.6 is 0 Å². The maximum Gasteiger partial charge on any atom is 0.281 e. The highest BCUT2D eigenvalue weighted by atomic mass is 16.5. The smallest absolute Gasteiger partial charge is 0.281 e. The molecule has 7 nitrogen and oxygen atoms in total. The molecule has 0 amide bonds. The van der Waals surface area contributed by atoms with Gasteiger partial charge >= 0.3 is 0 Å². The first kappa shape index (κ1) is 18.4. The van der Waals surface area contributed by atoms with Crippen LogP contribution in [0.25, 0.3) is 0 Å². The van der Waals surface area contributed by atoms with Gasteiger partial charge < -0.3 is 9.84 Å². The number of nitrogens with zero attached hydrogens (tertiary/aromatic N) is 4. The van der Waals surface area contributed by atoms with Gasteiger partial charge in [-0.3, -0.25) is 9.36 Å². The Hall–Kier alpha value is -2.98. The second-order valence-corrected chi connectivity index (χ2v) is 5.63. The van der Waals surface area contributed by atoms with E-state index in [1.165, 1.54) is 0 Å². The minimum absolute atomic E-state index is 0.0233. The van der Waals surface area contributed by atoms with Crippen molar-refractivity contribution >= 4 is 11.4 Å². The summed E-state index contributed by atoms with van der Waals surface area (Å²) < 4.78 is 6.10. The number of aromatic nitrogens is 1. The number of rotatable bonds is 6. The molecule has 2 aromatic rings. The maximum atomic E-state index is 12.7. The highest BCUT2D eigenvalue weighted by Gasteiger charge is 2.18. The van der Waals surface area contributed by atoms with Gasteiger partial charge in [-0.2, -0.15) is 10.4 Å². The van der Waals surface area contributed by atoms with Crippen molar-refractivity contribution in [2.24, 2.45) is 10.2 Å². The highest BCUT2D eigenvalue weighted by molar-refractivity contribution is 5.56. The summed E-state index contributed by atoms with van der Waals surface area (Å²) in [7, 11) is 1.56. The van der Waals surface area contributed by atoms with E-state index in [4.69, 9.17) is 4.74 Å². The lowest BCUT2D eigenvalue weighted by Crippen LogP contribution is -2.22. The third kappa shape index (κ3) is 4.11. The van der Waals surface area contributed by atoms with Crippen LogP contribution in [0.3, 0.4) is 0 Å². The third-order valence-corrected chi connectivity index (χ3v) is 3.77. The fraction of sp³-hybridized carbons (Fsp3) is 0.333. The van der Waals surface area contributed by atoms with E-state index in [2.05, 4.69) is 10.2 Å². The molecule has 0 bridgehead atoms. The minimum atomic E-state index is -0.485. The van der Waals surface area contributed by atoms with Crippen LogP contribution in [-0.2, 0) is 11.3 Å². The topological polar surface area (TPSA) is 100.0 Å². The summed E-state index contributed by atoms with van der Waals surface area (Å²) in [6, 6.07) is 9.31. The predicted octanol–water partition coefficient (Wildman–Crippen LogP) is 3.49. The number of pyridine rings is 1. The molecule has 7 heteroatoms. The zero-order chi connectivity index (χ0) is 18.4. The monoisotopic (exact) mass is 340 g/mol. The van der Waals surface area contributed by atoms with Crippen molar-refractivity contribution < 1.29 is 9.84 Å². The van der Waals surface area contributed by atoms with Crippen molar-refractivity contribution in [3.8, 4) is 11.9 Å². The lowest BCUT2D eigenvalue weighted by Gasteiger charge is -2.12. The largest absolute Gasteiger partial charge is 0.493 e. The quantitative estimate of drug-likeness (QED) is 0.642. The van der Waals surface area contributed by atoms with Crippen LogP contribution in [0.4, 0.5) is 11.4 Å². The molecule has 1 aromatic heterocycles. The van der Waals surface area contributed by atoms with Gasteiger partial charge in [-0.15, -0.1) is 5.11 Å². The van der Waals surface area contributed by atoms with Crippen LogP contribution in [0.1, 0.15) is 23.1 Å². The Balaban J connectivity index is 2.51. The second-order valence-electron chi connectivity index (χ2n) is 5.63. The van der Waals surface area contributed by atoms with E-state index in [0.717, 1.165) is 10.1 Å². The summed E-state index contributed by atoms with van der Waals surface area (Å²) in [6.45, 7) is 4.16. The van der Waals surface area contributed by atoms with Crippen LogP contribution < -0.4 is 5.56 Å². The average Bonchev–Trinajstić information content (AvgIpc) is 2.58. The fourth-order valence-corrected chi connectivity index (χ4v) is 2.43. The standard InChI is InChI=1S/C18H20N4O3/c1-12-6-4-7-14(10-12)20-21-16-13(2)15(11-19)17(23)22(18(16)24)8-5-9-25-3/h4,6-7,10,23H,5,8-9H2,1-3H3. The Morgan fingerprint density at radius 2 is 2.08 bits per heavy atom. The first-order chi connectivity index (χ1) is 12.0. The van der Waals surface area contributed by atoms with E-state index in [-0.39, 0.29) is 23.7 Å². The number of azo groups is 1. The van der Waals surface area contributed by atoms with Gasteiger partial charge in [0.25, 0.3) is 5.56 Å². The number of hydrogen-bond donors (Lipinski definition) is 1. The predicted molar refractivity (Wildman–Crippen MR) is 93.7 cm³/mol. The molecule has 0 saturated carbocycles. The number of nitriles is 1. The van der Waals surface area contributed by atoms with Crippen LogP contribution in [0, 0.1) is 25.2 Å². The zero-order valence-corrected chi connectivity index (χ0v) is 14.5. The molecule has 1 heterocycles. The van der Waals surface area contributed by atoms with Crippen LogP contribution in [0.5, 0.6) is 5.88 Å². The molecule has 0 spiro atoms. The van der Waals surface area contributed by atoms with Gasteiger partial charge in [-0.25, -0.2) is 0 Å². The summed E-state index contributed by atoms with van der Waals surface area (Å²) in [5.74, 6) is -0.351. The number of aromatic hydroxyl groups is 1. The van der Waals surface area contributed by atoms with Crippen molar-refractivity contribution in [2.45, 2.75) is 26.8 Å². The van der Waals surface area contributed by atoms with Crippen molar-refractivity contribution in [1.29, 1.82) is 5.26 Å². The molecule has 0 aliphatic heterocycles. The van der Waals surface area contributed by atoms with Gasteiger partial charge in [0.05, 0.1) is 5.69 Å². The summed E-state index contributed by atoms with van der Waals surface area (Å²) >= 11 is 0. The molecule has 0 aliphatic rings. The van der Waals surface area contributed by atoms with E-state index in [9.17, 15) is 15.2 Å². The number of hydrogen-bond acceptors (Lipinski definition) is 6. The van der Waals surface area contributed by atoms with E-state index < -0.39 is 5.56 Å². The molecule has 0 fully saturated rings. The van der Waals surface area contributed by atoms with Gasteiger partial charge in [-0.1, -0.05) is 12.1 Å². The molecular formula is C18H20N4O3. The summed E-state index contributed by atoms with van der Waals surface area (Å²) in [5.41, 5.74) is 1.53. The third-order valence-electron chi connectivity index (χ3n) is 3.77. The van der Waals surface area contributed by atoms with E-state index in [1.54, 1.807) is 20.1 Å². The van der Waals surface area contributed by atoms with Crippen molar-refractivity contribution in [3.63, 3.8) is 0 Å². The molecule has 0 saturated heterocycles.